The monoisotopic (exact) mass is 326 g/mol. The summed E-state index contributed by atoms with van der Waals surface area (Å²) in [5, 5.41) is 9.11. The van der Waals surface area contributed by atoms with E-state index in [0.717, 1.165) is 0 Å². The highest BCUT2D eigenvalue weighted by atomic mass is 19.4. The summed E-state index contributed by atoms with van der Waals surface area (Å²) < 4.78 is 114. The lowest BCUT2D eigenvalue weighted by Crippen LogP contribution is -2.22. The minimum absolute atomic E-state index is 0.136. The number of halogens is 9. The molecule has 0 aliphatic carbocycles. The number of hydrogen-bond acceptors (Lipinski definition) is 1. The Morgan fingerprint density at radius 1 is 0.810 bits per heavy atom. The van der Waals surface area contributed by atoms with Crippen molar-refractivity contribution < 1.29 is 44.6 Å². The molecular formula is C11H7F9O. The maximum absolute atomic E-state index is 12.7. The SMILES string of the molecule is CC(O)c1cc(C(F)(F)F)cc(C(F)(F)F)c1C(F)(F)F. The van der Waals surface area contributed by atoms with Crippen LogP contribution in [0.4, 0.5) is 39.5 Å². The first-order valence-electron chi connectivity index (χ1n) is 5.23. The van der Waals surface area contributed by atoms with Crippen LogP contribution in [0, 0.1) is 0 Å². The van der Waals surface area contributed by atoms with E-state index in [1.807, 2.05) is 0 Å². The second-order valence-electron chi connectivity index (χ2n) is 4.16. The second-order valence-corrected chi connectivity index (χ2v) is 4.16. The molecular weight excluding hydrogens is 319 g/mol. The number of alkyl halides is 9. The smallest absolute Gasteiger partial charge is 0.389 e. The van der Waals surface area contributed by atoms with E-state index < -0.39 is 53.0 Å². The molecule has 0 fully saturated rings. The van der Waals surface area contributed by atoms with Gasteiger partial charge in [0.15, 0.2) is 0 Å². The first-order valence-corrected chi connectivity index (χ1v) is 5.23. The van der Waals surface area contributed by atoms with E-state index in [2.05, 4.69) is 0 Å². The highest BCUT2D eigenvalue weighted by Crippen LogP contribution is 2.46. The first kappa shape index (κ1) is 17.6. The number of rotatable bonds is 1. The maximum Gasteiger partial charge on any atom is 0.417 e. The van der Waals surface area contributed by atoms with Crippen LogP contribution in [0.3, 0.4) is 0 Å². The van der Waals surface area contributed by atoms with Gasteiger partial charge in [-0.3, -0.25) is 0 Å². The summed E-state index contributed by atoms with van der Waals surface area (Å²) in [6, 6.07) is -0.753. The molecule has 1 aromatic rings. The largest absolute Gasteiger partial charge is 0.417 e. The van der Waals surface area contributed by atoms with E-state index >= 15 is 0 Å². The average molecular weight is 326 g/mol. The van der Waals surface area contributed by atoms with Gasteiger partial charge in [-0.1, -0.05) is 0 Å². The summed E-state index contributed by atoms with van der Waals surface area (Å²) in [6.07, 6.45) is -18.7. The highest BCUT2D eigenvalue weighted by Gasteiger charge is 2.47. The van der Waals surface area contributed by atoms with Crippen molar-refractivity contribution in [1.82, 2.24) is 0 Å². The van der Waals surface area contributed by atoms with E-state index in [1.165, 1.54) is 0 Å². The van der Waals surface area contributed by atoms with Gasteiger partial charge in [-0.2, -0.15) is 39.5 Å². The van der Waals surface area contributed by atoms with E-state index in [1.54, 1.807) is 0 Å². The van der Waals surface area contributed by atoms with E-state index in [0.29, 0.717) is 6.92 Å². The van der Waals surface area contributed by atoms with Crippen molar-refractivity contribution in [3.8, 4) is 0 Å². The quantitative estimate of drug-likeness (QED) is 0.735. The zero-order valence-corrected chi connectivity index (χ0v) is 10.1. The van der Waals surface area contributed by atoms with Crippen molar-refractivity contribution in [3.05, 3.63) is 34.4 Å². The summed E-state index contributed by atoms with van der Waals surface area (Å²) in [4.78, 5) is 0. The minimum Gasteiger partial charge on any atom is -0.389 e. The van der Waals surface area contributed by atoms with Gasteiger partial charge < -0.3 is 5.11 Å². The van der Waals surface area contributed by atoms with Gasteiger partial charge in [0, 0.05) is 0 Å². The van der Waals surface area contributed by atoms with Crippen molar-refractivity contribution >= 4 is 0 Å². The Kier molecular flexibility index (Phi) is 4.25. The molecule has 0 heterocycles. The number of benzene rings is 1. The van der Waals surface area contributed by atoms with Crippen molar-refractivity contribution in [2.75, 3.05) is 0 Å². The van der Waals surface area contributed by atoms with Crippen molar-refractivity contribution in [1.29, 1.82) is 0 Å². The Hall–Kier alpha value is -1.45. The predicted molar refractivity (Wildman–Crippen MR) is 52.1 cm³/mol. The molecule has 0 saturated heterocycles. The summed E-state index contributed by atoms with van der Waals surface area (Å²) >= 11 is 0. The molecule has 0 aliphatic rings. The molecule has 0 bridgehead atoms. The molecule has 0 aliphatic heterocycles. The fraction of sp³-hybridized carbons (Fsp3) is 0.455. The number of aliphatic hydroxyl groups is 1. The Morgan fingerprint density at radius 2 is 1.29 bits per heavy atom. The van der Waals surface area contributed by atoms with Gasteiger partial charge in [0.05, 0.1) is 22.8 Å². The molecule has 120 valence electrons. The Labute approximate surface area is 112 Å². The van der Waals surface area contributed by atoms with Crippen LogP contribution in [-0.4, -0.2) is 5.11 Å². The Balaban J connectivity index is 3.85. The molecule has 1 aromatic carbocycles. The second kappa shape index (κ2) is 5.08. The van der Waals surface area contributed by atoms with Crippen molar-refractivity contribution in [2.45, 2.75) is 31.6 Å². The topological polar surface area (TPSA) is 20.2 Å². The van der Waals surface area contributed by atoms with E-state index in [4.69, 9.17) is 5.11 Å². The van der Waals surface area contributed by atoms with Crippen LogP contribution in [-0.2, 0) is 18.5 Å². The van der Waals surface area contributed by atoms with Gasteiger partial charge >= 0.3 is 18.5 Å². The zero-order valence-electron chi connectivity index (χ0n) is 10.1. The molecule has 21 heavy (non-hydrogen) atoms. The van der Waals surface area contributed by atoms with Crippen molar-refractivity contribution in [3.63, 3.8) is 0 Å². The molecule has 1 nitrogen and oxygen atoms in total. The lowest BCUT2D eigenvalue weighted by atomic mass is 9.93. The molecule has 1 unspecified atom stereocenters. The summed E-state index contributed by atoms with van der Waals surface area (Å²) in [6.45, 7) is 0.644. The molecule has 0 radical (unpaired) electrons. The lowest BCUT2D eigenvalue weighted by Gasteiger charge is -2.22. The molecule has 0 saturated carbocycles. The Bertz CT molecular complexity index is 522. The van der Waals surface area contributed by atoms with Gasteiger partial charge in [-0.25, -0.2) is 0 Å². The predicted octanol–water partition coefficient (Wildman–Crippen LogP) is 4.80. The molecule has 1 rings (SSSR count). The average Bonchev–Trinajstić information content (AvgIpc) is 2.23. The maximum atomic E-state index is 12.7. The first-order chi connectivity index (χ1) is 9.15. The van der Waals surface area contributed by atoms with Crippen LogP contribution >= 0.6 is 0 Å². The van der Waals surface area contributed by atoms with Crippen LogP contribution < -0.4 is 0 Å². The molecule has 10 heteroatoms. The van der Waals surface area contributed by atoms with Crippen molar-refractivity contribution in [2.24, 2.45) is 0 Å². The van der Waals surface area contributed by atoms with Gasteiger partial charge in [-0.05, 0) is 24.6 Å². The number of aliphatic hydroxyl groups excluding tert-OH is 1. The molecule has 1 atom stereocenters. The third-order valence-corrected chi connectivity index (χ3v) is 2.54. The fourth-order valence-electron chi connectivity index (χ4n) is 1.70. The fourth-order valence-corrected chi connectivity index (χ4v) is 1.70. The van der Waals surface area contributed by atoms with Crippen LogP contribution in [0.15, 0.2) is 12.1 Å². The van der Waals surface area contributed by atoms with Crippen LogP contribution in [0.5, 0.6) is 0 Å². The van der Waals surface area contributed by atoms with Gasteiger partial charge in [-0.15, -0.1) is 0 Å². The molecule has 0 spiro atoms. The van der Waals surface area contributed by atoms with E-state index in [9.17, 15) is 39.5 Å². The third kappa shape index (κ3) is 3.80. The summed E-state index contributed by atoms with van der Waals surface area (Å²) in [7, 11) is 0. The summed E-state index contributed by atoms with van der Waals surface area (Å²) in [5.74, 6) is 0. The van der Waals surface area contributed by atoms with Crippen LogP contribution in [0.2, 0.25) is 0 Å². The number of hydrogen-bond donors (Lipinski definition) is 1. The zero-order chi connectivity index (χ0) is 16.8. The normalized spacial score (nSPS) is 15.2. The van der Waals surface area contributed by atoms with Crippen LogP contribution in [0.25, 0.3) is 0 Å². The molecule has 1 N–H and O–H groups in total. The molecule has 0 aromatic heterocycles. The van der Waals surface area contributed by atoms with Gasteiger partial charge in [0.1, 0.15) is 0 Å². The van der Waals surface area contributed by atoms with Crippen LogP contribution in [0.1, 0.15) is 35.3 Å². The lowest BCUT2D eigenvalue weighted by molar-refractivity contribution is -0.164. The molecule has 0 amide bonds. The van der Waals surface area contributed by atoms with E-state index in [-0.39, 0.29) is 6.07 Å². The standard InChI is InChI=1S/C11H7F9O/c1-4(21)6-2-5(9(12,13)14)3-7(10(15,16)17)8(6)11(18,19)20/h2-4,21H,1H3. The third-order valence-electron chi connectivity index (χ3n) is 2.54. The minimum atomic E-state index is -5.66. The Morgan fingerprint density at radius 3 is 1.57 bits per heavy atom. The van der Waals surface area contributed by atoms with Gasteiger partial charge in [0.25, 0.3) is 0 Å². The summed E-state index contributed by atoms with van der Waals surface area (Å²) in [5.41, 5.74) is -8.21. The van der Waals surface area contributed by atoms with Gasteiger partial charge in [0.2, 0.25) is 0 Å². The highest BCUT2D eigenvalue weighted by molar-refractivity contribution is 5.44.